The van der Waals surface area contributed by atoms with Crippen molar-refractivity contribution in [3.05, 3.63) is 29.8 Å². The van der Waals surface area contributed by atoms with Crippen LogP contribution < -0.4 is 10.1 Å². The fourth-order valence-electron chi connectivity index (χ4n) is 3.97. The largest absolute Gasteiger partial charge is 0.482 e. The molecule has 2 fully saturated rings. The second-order valence-corrected chi connectivity index (χ2v) is 7.30. The predicted octanol–water partition coefficient (Wildman–Crippen LogP) is 2.31. The van der Waals surface area contributed by atoms with Crippen molar-refractivity contribution in [3.8, 4) is 5.75 Å². The molecular formula is C20H29NO5. The van der Waals surface area contributed by atoms with Gasteiger partial charge in [-0.2, -0.15) is 0 Å². The lowest BCUT2D eigenvalue weighted by Gasteiger charge is -2.33. The molecule has 0 aromatic heterocycles. The molecule has 1 aliphatic heterocycles. The van der Waals surface area contributed by atoms with Gasteiger partial charge in [-0.25, -0.2) is 4.79 Å². The van der Waals surface area contributed by atoms with Gasteiger partial charge in [0.25, 0.3) is 0 Å². The Morgan fingerprint density at radius 2 is 1.92 bits per heavy atom. The molecule has 2 unspecified atom stereocenters. The first-order valence-electron chi connectivity index (χ1n) is 9.60. The Morgan fingerprint density at radius 1 is 1.15 bits per heavy atom. The number of rotatable bonds is 7. The number of piperidine rings is 1. The van der Waals surface area contributed by atoms with E-state index in [-0.39, 0.29) is 24.9 Å². The third-order valence-electron chi connectivity index (χ3n) is 5.44. The Balaban J connectivity index is 1.48. The quantitative estimate of drug-likeness (QED) is 0.689. The smallest absolute Gasteiger partial charge is 0.341 e. The molecule has 6 heteroatoms. The number of aliphatic carboxylic acids is 1. The van der Waals surface area contributed by atoms with Crippen LogP contribution in [0.25, 0.3) is 0 Å². The molecule has 1 heterocycles. The number of para-hydroxylation sites is 1. The van der Waals surface area contributed by atoms with Gasteiger partial charge in [-0.15, -0.1) is 0 Å². The van der Waals surface area contributed by atoms with E-state index in [9.17, 15) is 9.90 Å². The summed E-state index contributed by atoms with van der Waals surface area (Å²) in [5, 5.41) is 22.2. The maximum atomic E-state index is 10.8. The van der Waals surface area contributed by atoms with E-state index in [4.69, 9.17) is 14.6 Å². The molecule has 2 atom stereocenters. The van der Waals surface area contributed by atoms with Gasteiger partial charge in [0, 0.05) is 0 Å². The van der Waals surface area contributed by atoms with Crippen molar-refractivity contribution in [2.75, 3.05) is 19.8 Å². The van der Waals surface area contributed by atoms with Gasteiger partial charge in [0.05, 0.1) is 24.9 Å². The van der Waals surface area contributed by atoms with E-state index in [0.717, 1.165) is 50.6 Å². The molecule has 1 aromatic rings. The third kappa shape index (κ3) is 5.19. The summed E-state index contributed by atoms with van der Waals surface area (Å²) in [6.45, 7) is 1.20. The number of nitrogens with one attached hydrogen (secondary N) is 1. The summed E-state index contributed by atoms with van der Waals surface area (Å²) < 4.78 is 11.5. The molecule has 3 N–H and O–H groups in total. The highest BCUT2D eigenvalue weighted by Gasteiger charge is 2.28. The highest BCUT2D eigenvalue weighted by atomic mass is 16.5. The van der Waals surface area contributed by atoms with Crippen LogP contribution in [-0.2, 0) is 9.53 Å². The number of carboxylic acid groups (broad SMARTS) is 1. The van der Waals surface area contributed by atoms with E-state index in [1.165, 1.54) is 0 Å². The van der Waals surface area contributed by atoms with Crippen LogP contribution in [0.1, 0.15) is 50.0 Å². The first-order valence-corrected chi connectivity index (χ1v) is 9.60. The number of carbonyl (C=O) groups is 1. The Morgan fingerprint density at radius 3 is 2.65 bits per heavy atom. The van der Waals surface area contributed by atoms with Crippen LogP contribution >= 0.6 is 0 Å². The van der Waals surface area contributed by atoms with E-state index in [0.29, 0.717) is 18.3 Å². The SMILES string of the molecule is O=C(O)COc1ccccc1C1CCC(OCC2NCCCC2O)CC1. The van der Waals surface area contributed by atoms with Crippen molar-refractivity contribution in [2.45, 2.75) is 62.7 Å². The summed E-state index contributed by atoms with van der Waals surface area (Å²) >= 11 is 0. The summed E-state index contributed by atoms with van der Waals surface area (Å²) in [4.78, 5) is 10.8. The second kappa shape index (κ2) is 9.35. The van der Waals surface area contributed by atoms with Gasteiger partial charge < -0.3 is 25.0 Å². The van der Waals surface area contributed by atoms with Crippen LogP contribution in [0.5, 0.6) is 5.75 Å². The van der Waals surface area contributed by atoms with Crippen molar-refractivity contribution in [1.82, 2.24) is 5.32 Å². The van der Waals surface area contributed by atoms with Crippen molar-refractivity contribution >= 4 is 5.97 Å². The Bertz CT molecular complexity index is 585. The molecule has 0 amide bonds. The molecule has 0 bridgehead atoms. The van der Waals surface area contributed by atoms with Gasteiger partial charge in [-0.05, 0) is 62.6 Å². The molecule has 1 aliphatic carbocycles. The van der Waals surface area contributed by atoms with E-state index in [1.54, 1.807) is 0 Å². The number of benzene rings is 1. The number of carboxylic acids is 1. The normalized spacial score (nSPS) is 29.3. The van der Waals surface area contributed by atoms with Gasteiger partial charge in [-0.3, -0.25) is 0 Å². The fourth-order valence-corrected chi connectivity index (χ4v) is 3.97. The number of aliphatic hydroxyl groups excluding tert-OH is 1. The zero-order valence-corrected chi connectivity index (χ0v) is 15.1. The predicted molar refractivity (Wildman–Crippen MR) is 97.6 cm³/mol. The Kier molecular flexibility index (Phi) is 6.88. The number of hydrogen-bond acceptors (Lipinski definition) is 5. The van der Waals surface area contributed by atoms with Crippen LogP contribution in [0.3, 0.4) is 0 Å². The minimum Gasteiger partial charge on any atom is -0.482 e. The average Bonchev–Trinajstić information content (AvgIpc) is 2.66. The molecule has 6 nitrogen and oxygen atoms in total. The minimum atomic E-state index is -0.963. The molecule has 1 aromatic carbocycles. The molecule has 3 rings (SSSR count). The number of hydrogen-bond donors (Lipinski definition) is 3. The zero-order valence-electron chi connectivity index (χ0n) is 15.1. The lowest BCUT2D eigenvalue weighted by Crippen LogP contribution is -2.48. The maximum Gasteiger partial charge on any atom is 0.341 e. The Labute approximate surface area is 154 Å². The van der Waals surface area contributed by atoms with Gasteiger partial charge >= 0.3 is 5.97 Å². The zero-order chi connectivity index (χ0) is 18.4. The molecule has 144 valence electrons. The highest BCUT2D eigenvalue weighted by Crippen LogP contribution is 2.38. The van der Waals surface area contributed by atoms with Crippen LogP contribution in [0.2, 0.25) is 0 Å². The van der Waals surface area contributed by atoms with Crippen LogP contribution in [0, 0.1) is 0 Å². The summed E-state index contributed by atoms with van der Waals surface area (Å²) in [5.41, 5.74) is 1.09. The van der Waals surface area contributed by atoms with Crippen LogP contribution in [0.15, 0.2) is 24.3 Å². The summed E-state index contributed by atoms with van der Waals surface area (Å²) in [5.74, 6) is 0.0856. The summed E-state index contributed by atoms with van der Waals surface area (Å²) in [7, 11) is 0. The van der Waals surface area contributed by atoms with Gasteiger partial charge in [0.1, 0.15) is 5.75 Å². The maximum absolute atomic E-state index is 10.8. The van der Waals surface area contributed by atoms with Crippen molar-refractivity contribution in [2.24, 2.45) is 0 Å². The van der Waals surface area contributed by atoms with Crippen molar-refractivity contribution < 1.29 is 24.5 Å². The molecule has 1 saturated carbocycles. The Hall–Kier alpha value is -1.63. The molecule has 0 spiro atoms. The highest BCUT2D eigenvalue weighted by molar-refractivity contribution is 5.68. The van der Waals surface area contributed by atoms with E-state index >= 15 is 0 Å². The molecule has 0 radical (unpaired) electrons. The van der Waals surface area contributed by atoms with Gasteiger partial charge in [0.2, 0.25) is 0 Å². The molecular weight excluding hydrogens is 334 g/mol. The molecule has 1 saturated heterocycles. The lowest BCUT2D eigenvalue weighted by atomic mass is 9.82. The van der Waals surface area contributed by atoms with E-state index < -0.39 is 5.97 Å². The van der Waals surface area contributed by atoms with Crippen molar-refractivity contribution in [1.29, 1.82) is 0 Å². The van der Waals surface area contributed by atoms with Gasteiger partial charge in [0.15, 0.2) is 6.61 Å². The number of ether oxygens (including phenoxy) is 2. The van der Waals surface area contributed by atoms with E-state index in [2.05, 4.69) is 5.32 Å². The summed E-state index contributed by atoms with van der Waals surface area (Å²) in [6.07, 6.45) is 5.74. The standard InChI is InChI=1S/C20H29NO5/c22-18-5-3-11-21-17(18)12-25-15-9-7-14(8-10-15)16-4-1-2-6-19(16)26-13-20(23)24/h1-2,4,6,14-15,17-18,21-22H,3,5,7-13H2,(H,23,24). The third-order valence-corrected chi connectivity index (χ3v) is 5.44. The molecule has 26 heavy (non-hydrogen) atoms. The number of aliphatic hydroxyl groups is 1. The lowest BCUT2D eigenvalue weighted by molar-refractivity contribution is -0.139. The van der Waals surface area contributed by atoms with Crippen LogP contribution in [0.4, 0.5) is 0 Å². The summed E-state index contributed by atoms with van der Waals surface area (Å²) in [6, 6.07) is 7.77. The second-order valence-electron chi connectivity index (χ2n) is 7.30. The monoisotopic (exact) mass is 363 g/mol. The first kappa shape index (κ1) is 19.1. The van der Waals surface area contributed by atoms with Crippen molar-refractivity contribution in [3.63, 3.8) is 0 Å². The minimum absolute atomic E-state index is 0.0478. The topological polar surface area (TPSA) is 88.0 Å². The van der Waals surface area contributed by atoms with Crippen LogP contribution in [-0.4, -0.2) is 54.2 Å². The first-order chi connectivity index (χ1) is 12.6. The molecule has 2 aliphatic rings. The van der Waals surface area contributed by atoms with Gasteiger partial charge in [-0.1, -0.05) is 18.2 Å². The average molecular weight is 363 g/mol. The fraction of sp³-hybridized carbons (Fsp3) is 0.650. The van der Waals surface area contributed by atoms with E-state index in [1.807, 2.05) is 24.3 Å².